The largest absolute Gasteiger partial charge is 0.327 e. The maximum Gasteiger partial charge on any atom is 0.123 e. The van der Waals surface area contributed by atoms with Crippen molar-refractivity contribution in [3.05, 3.63) is 47.8 Å². The lowest BCUT2D eigenvalue weighted by Crippen LogP contribution is -2.23. The van der Waals surface area contributed by atoms with E-state index >= 15 is 0 Å². The molecule has 0 aliphatic rings. The minimum atomic E-state index is -0.201. The second-order valence-electron chi connectivity index (χ2n) is 3.75. The molecule has 15 heavy (non-hydrogen) atoms. The van der Waals surface area contributed by atoms with E-state index in [0.717, 1.165) is 24.2 Å². The van der Waals surface area contributed by atoms with Crippen LogP contribution in [0.1, 0.15) is 5.56 Å². The molecule has 0 fully saturated rings. The predicted octanol–water partition coefficient (Wildman–Crippen LogP) is 1.77. The molecule has 0 spiro atoms. The first-order valence-electron chi connectivity index (χ1n) is 4.91. The van der Waals surface area contributed by atoms with Crippen molar-refractivity contribution in [2.45, 2.75) is 6.54 Å². The van der Waals surface area contributed by atoms with Crippen molar-refractivity contribution in [1.29, 1.82) is 0 Å². The first kappa shape index (κ1) is 11.9. The number of benzene rings is 1. The number of likely N-dealkylation sites (N-methyl/N-ethyl adjacent to an activating group) is 1. The lowest BCUT2D eigenvalue weighted by Gasteiger charge is -2.17. The summed E-state index contributed by atoms with van der Waals surface area (Å²) in [6, 6.07) is 6.52. The van der Waals surface area contributed by atoms with Crippen LogP contribution in [0, 0.1) is 5.82 Å². The maximum atomic E-state index is 12.6. The Labute approximate surface area is 90.2 Å². The molecule has 0 unspecified atom stereocenters. The molecule has 2 N–H and O–H groups in total. The molecule has 0 aromatic heterocycles. The van der Waals surface area contributed by atoms with Crippen LogP contribution >= 0.6 is 0 Å². The van der Waals surface area contributed by atoms with Gasteiger partial charge in [0.05, 0.1) is 0 Å². The average Bonchev–Trinajstić information content (AvgIpc) is 2.21. The highest BCUT2D eigenvalue weighted by Crippen LogP contribution is 2.06. The number of halogens is 1. The monoisotopic (exact) mass is 208 g/mol. The zero-order valence-corrected chi connectivity index (χ0v) is 9.04. The molecule has 2 nitrogen and oxygen atoms in total. The van der Waals surface area contributed by atoms with Gasteiger partial charge < -0.3 is 5.73 Å². The van der Waals surface area contributed by atoms with Gasteiger partial charge in [-0.1, -0.05) is 18.7 Å². The molecule has 0 bridgehead atoms. The van der Waals surface area contributed by atoms with E-state index < -0.39 is 0 Å². The summed E-state index contributed by atoms with van der Waals surface area (Å²) in [6.45, 7) is 5.90. The Morgan fingerprint density at radius 2 is 2.00 bits per heavy atom. The van der Waals surface area contributed by atoms with Crippen LogP contribution in [0.3, 0.4) is 0 Å². The third-order valence-electron chi connectivity index (χ3n) is 2.15. The van der Waals surface area contributed by atoms with Crippen molar-refractivity contribution in [3.8, 4) is 0 Å². The lowest BCUT2D eigenvalue weighted by atomic mass is 10.2. The summed E-state index contributed by atoms with van der Waals surface area (Å²) in [4.78, 5) is 2.10. The van der Waals surface area contributed by atoms with Crippen LogP contribution in [0.2, 0.25) is 0 Å². The third kappa shape index (κ3) is 4.23. The van der Waals surface area contributed by atoms with Crippen LogP contribution in [0.5, 0.6) is 0 Å². The molecule has 1 rings (SSSR count). The van der Waals surface area contributed by atoms with Gasteiger partial charge in [0.1, 0.15) is 5.82 Å². The Hall–Kier alpha value is -1.19. The standard InChI is InChI=1S/C12H17FN2/c1-10(7-14)8-15(2)9-11-3-5-12(13)6-4-11/h3-6H,1,7-9,14H2,2H3. The van der Waals surface area contributed by atoms with Crippen molar-refractivity contribution in [3.63, 3.8) is 0 Å². The Morgan fingerprint density at radius 1 is 1.40 bits per heavy atom. The number of hydrogen-bond donors (Lipinski definition) is 1. The normalized spacial score (nSPS) is 10.7. The zero-order valence-electron chi connectivity index (χ0n) is 9.04. The third-order valence-corrected chi connectivity index (χ3v) is 2.15. The van der Waals surface area contributed by atoms with Crippen molar-refractivity contribution in [2.75, 3.05) is 20.1 Å². The van der Waals surface area contributed by atoms with Gasteiger partial charge in [0, 0.05) is 19.6 Å². The summed E-state index contributed by atoms with van der Waals surface area (Å²) >= 11 is 0. The summed E-state index contributed by atoms with van der Waals surface area (Å²) in [7, 11) is 1.99. The van der Waals surface area contributed by atoms with Crippen LogP contribution in [0.15, 0.2) is 36.4 Å². The fourth-order valence-electron chi connectivity index (χ4n) is 1.40. The van der Waals surface area contributed by atoms with Gasteiger partial charge in [-0.2, -0.15) is 0 Å². The molecule has 0 saturated heterocycles. The molecule has 0 aliphatic carbocycles. The van der Waals surface area contributed by atoms with Crippen LogP contribution in [-0.4, -0.2) is 25.0 Å². The number of rotatable bonds is 5. The maximum absolute atomic E-state index is 12.6. The van der Waals surface area contributed by atoms with Crippen molar-refractivity contribution >= 4 is 0 Å². The summed E-state index contributed by atoms with van der Waals surface area (Å²) in [5, 5.41) is 0. The molecule has 1 aromatic rings. The van der Waals surface area contributed by atoms with Crippen molar-refractivity contribution < 1.29 is 4.39 Å². The average molecular weight is 208 g/mol. The predicted molar refractivity (Wildman–Crippen MR) is 60.9 cm³/mol. The van der Waals surface area contributed by atoms with Gasteiger partial charge in [0.2, 0.25) is 0 Å². The van der Waals surface area contributed by atoms with E-state index in [1.165, 1.54) is 12.1 Å². The van der Waals surface area contributed by atoms with E-state index in [9.17, 15) is 4.39 Å². The van der Waals surface area contributed by atoms with Gasteiger partial charge >= 0.3 is 0 Å². The molecule has 0 amide bonds. The van der Waals surface area contributed by atoms with Gasteiger partial charge in [0.25, 0.3) is 0 Å². The van der Waals surface area contributed by atoms with Crippen LogP contribution in [0.25, 0.3) is 0 Å². The highest BCUT2D eigenvalue weighted by Gasteiger charge is 2.01. The molecule has 0 radical (unpaired) electrons. The van der Waals surface area contributed by atoms with Crippen LogP contribution in [0.4, 0.5) is 4.39 Å². The van der Waals surface area contributed by atoms with E-state index in [1.54, 1.807) is 12.1 Å². The molecule has 0 aliphatic heterocycles. The first-order valence-corrected chi connectivity index (χ1v) is 4.91. The Morgan fingerprint density at radius 3 is 2.53 bits per heavy atom. The highest BCUT2D eigenvalue weighted by molar-refractivity contribution is 5.16. The van der Waals surface area contributed by atoms with Gasteiger partial charge in [-0.05, 0) is 30.3 Å². The smallest absolute Gasteiger partial charge is 0.123 e. The van der Waals surface area contributed by atoms with E-state index in [-0.39, 0.29) is 5.82 Å². The summed E-state index contributed by atoms with van der Waals surface area (Å²) < 4.78 is 12.6. The van der Waals surface area contributed by atoms with E-state index in [4.69, 9.17) is 5.73 Å². The van der Waals surface area contributed by atoms with Gasteiger partial charge in [-0.3, -0.25) is 4.90 Å². The summed E-state index contributed by atoms with van der Waals surface area (Å²) in [5.41, 5.74) is 7.54. The molecular weight excluding hydrogens is 191 g/mol. The highest BCUT2D eigenvalue weighted by atomic mass is 19.1. The van der Waals surface area contributed by atoms with Crippen molar-refractivity contribution in [2.24, 2.45) is 5.73 Å². The molecule has 0 saturated carbocycles. The Balaban J connectivity index is 2.47. The fourth-order valence-corrected chi connectivity index (χ4v) is 1.40. The zero-order chi connectivity index (χ0) is 11.3. The lowest BCUT2D eigenvalue weighted by molar-refractivity contribution is 0.354. The second-order valence-corrected chi connectivity index (χ2v) is 3.75. The quantitative estimate of drug-likeness (QED) is 0.747. The topological polar surface area (TPSA) is 29.3 Å². The summed E-state index contributed by atoms with van der Waals surface area (Å²) in [5.74, 6) is -0.201. The van der Waals surface area contributed by atoms with E-state index in [1.807, 2.05) is 7.05 Å². The van der Waals surface area contributed by atoms with Gasteiger partial charge in [-0.15, -0.1) is 0 Å². The number of nitrogens with zero attached hydrogens (tertiary/aromatic N) is 1. The fraction of sp³-hybridized carbons (Fsp3) is 0.333. The SMILES string of the molecule is C=C(CN)CN(C)Cc1ccc(F)cc1. The second kappa shape index (κ2) is 5.63. The molecule has 3 heteroatoms. The molecule has 0 heterocycles. The van der Waals surface area contributed by atoms with Crippen molar-refractivity contribution in [1.82, 2.24) is 4.90 Å². The molecule has 1 aromatic carbocycles. The molecule has 82 valence electrons. The van der Waals surface area contributed by atoms with Gasteiger partial charge in [-0.25, -0.2) is 4.39 Å². The van der Waals surface area contributed by atoms with Crippen LogP contribution < -0.4 is 5.73 Å². The Kier molecular flexibility index (Phi) is 4.46. The minimum absolute atomic E-state index is 0.201. The van der Waals surface area contributed by atoms with Gasteiger partial charge in [0.15, 0.2) is 0 Å². The van der Waals surface area contributed by atoms with Crippen LogP contribution in [-0.2, 0) is 6.54 Å². The Bertz CT molecular complexity index is 319. The van der Waals surface area contributed by atoms with E-state index in [0.29, 0.717) is 6.54 Å². The number of hydrogen-bond acceptors (Lipinski definition) is 2. The minimum Gasteiger partial charge on any atom is -0.327 e. The summed E-state index contributed by atoms with van der Waals surface area (Å²) in [6.07, 6.45) is 0. The number of nitrogens with two attached hydrogens (primary N) is 1. The van der Waals surface area contributed by atoms with E-state index in [2.05, 4.69) is 11.5 Å². The molecule has 0 atom stereocenters. The molecular formula is C12H17FN2. The first-order chi connectivity index (χ1) is 7.11.